The van der Waals surface area contributed by atoms with Crippen LogP contribution in [0.5, 0.6) is 0 Å². The minimum atomic E-state index is -1.41. The molecular formula is C11H8ClNO3. The Morgan fingerprint density at radius 1 is 1.38 bits per heavy atom. The highest BCUT2D eigenvalue weighted by Crippen LogP contribution is 2.22. The number of nitrogens with one attached hydrogen (secondary N) is 1. The van der Waals surface area contributed by atoms with Crippen molar-refractivity contribution in [2.75, 3.05) is 0 Å². The molecule has 0 atom stereocenters. The fourth-order valence-electron chi connectivity index (χ4n) is 1.55. The van der Waals surface area contributed by atoms with Crippen LogP contribution >= 0.6 is 11.6 Å². The van der Waals surface area contributed by atoms with Gasteiger partial charge in [0.1, 0.15) is 0 Å². The average molecular weight is 238 g/mol. The third-order valence-electron chi connectivity index (χ3n) is 2.32. The number of carbonyl (C=O) groups is 2. The number of aromatic amines is 1. The van der Waals surface area contributed by atoms with Crippen molar-refractivity contribution in [2.45, 2.75) is 6.42 Å². The van der Waals surface area contributed by atoms with E-state index in [0.29, 0.717) is 10.6 Å². The lowest BCUT2D eigenvalue weighted by molar-refractivity contribution is -0.148. The van der Waals surface area contributed by atoms with Gasteiger partial charge in [-0.3, -0.25) is 4.79 Å². The first kappa shape index (κ1) is 10.7. The summed E-state index contributed by atoms with van der Waals surface area (Å²) in [5.74, 6) is -2.24. The number of carbonyl (C=O) groups excluding carboxylic acids is 1. The van der Waals surface area contributed by atoms with Crippen LogP contribution in [0.15, 0.2) is 24.4 Å². The number of carboxylic acid groups (broad SMARTS) is 1. The highest BCUT2D eigenvalue weighted by Gasteiger charge is 2.14. The van der Waals surface area contributed by atoms with Gasteiger partial charge < -0.3 is 10.1 Å². The van der Waals surface area contributed by atoms with Crippen LogP contribution in [0.1, 0.15) is 5.56 Å². The number of aliphatic carboxylic acids is 1. The molecule has 0 amide bonds. The molecular weight excluding hydrogens is 230 g/mol. The smallest absolute Gasteiger partial charge is 0.372 e. The van der Waals surface area contributed by atoms with E-state index in [2.05, 4.69) is 4.98 Å². The second kappa shape index (κ2) is 3.98. The molecule has 0 aliphatic rings. The molecule has 0 unspecified atom stereocenters. The minimum absolute atomic E-state index is 0.114. The van der Waals surface area contributed by atoms with Gasteiger partial charge in [-0.15, -0.1) is 0 Å². The lowest BCUT2D eigenvalue weighted by atomic mass is 10.1. The van der Waals surface area contributed by atoms with E-state index in [1.807, 2.05) is 0 Å². The Morgan fingerprint density at radius 3 is 2.81 bits per heavy atom. The highest BCUT2D eigenvalue weighted by atomic mass is 35.5. The van der Waals surface area contributed by atoms with Crippen molar-refractivity contribution >= 4 is 34.3 Å². The standard InChI is InChI=1S/C11H8ClNO3/c12-7-1-2-8-6(3-10(14)11(15)16)5-13-9(8)4-7/h1-2,4-5,13H,3H2,(H,15,16). The monoisotopic (exact) mass is 237 g/mol. The molecule has 0 fully saturated rings. The minimum Gasteiger partial charge on any atom is -0.475 e. The van der Waals surface area contributed by atoms with Gasteiger partial charge >= 0.3 is 5.97 Å². The van der Waals surface area contributed by atoms with Crippen LogP contribution < -0.4 is 0 Å². The van der Waals surface area contributed by atoms with Gasteiger partial charge in [0.05, 0.1) is 0 Å². The number of fused-ring (bicyclic) bond motifs is 1. The van der Waals surface area contributed by atoms with Crippen LogP contribution in [0, 0.1) is 0 Å². The van der Waals surface area contributed by atoms with Crippen molar-refractivity contribution in [1.29, 1.82) is 0 Å². The van der Waals surface area contributed by atoms with Crippen LogP contribution in [0.3, 0.4) is 0 Å². The first-order valence-electron chi connectivity index (χ1n) is 4.59. The van der Waals surface area contributed by atoms with E-state index in [-0.39, 0.29) is 6.42 Å². The Bertz CT molecular complexity index is 574. The molecule has 0 bridgehead atoms. The quantitative estimate of drug-likeness (QED) is 0.803. The SMILES string of the molecule is O=C(O)C(=O)Cc1c[nH]c2cc(Cl)ccc12. The van der Waals surface area contributed by atoms with Gasteiger partial charge in [-0.2, -0.15) is 0 Å². The Balaban J connectivity index is 2.39. The number of hydrogen-bond donors (Lipinski definition) is 2. The third-order valence-corrected chi connectivity index (χ3v) is 2.55. The van der Waals surface area contributed by atoms with Crippen LogP contribution in [-0.4, -0.2) is 21.8 Å². The van der Waals surface area contributed by atoms with E-state index in [0.717, 1.165) is 10.9 Å². The van der Waals surface area contributed by atoms with Crippen LogP contribution in [0.2, 0.25) is 5.02 Å². The molecule has 1 aromatic heterocycles. The number of benzene rings is 1. The fourth-order valence-corrected chi connectivity index (χ4v) is 1.73. The van der Waals surface area contributed by atoms with Crippen molar-refractivity contribution in [1.82, 2.24) is 4.98 Å². The van der Waals surface area contributed by atoms with Crippen molar-refractivity contribution < 1.29 is 14.7 Å². The lowest BCUT2D eigenvalue weighted by Gasteiger charge is -1.96. The lowest BCUT2D eigenvalue weighted by Crippen LogP contribution is -2.14. The number of rotatable bonds is 3. The normalized spacial score (nSPS) is 10.6. The Hall–Kier alpha value is -1.81. The van der Waals surface area contributed by atoms with Gasteiger partial charge in [-0.25, -0.2) is 4.79 Å². The number of H-pyrrole nitrogens is 1. The largest absolute Gasteiger partial charge is 0.475 e. The van der Waals surface area contributed by atoms with Gasteiger partial charge in [0.2, 0.25) is 5.78 Å². The van der Waals surface area contributed by atoms with Crippen molar-refractivity contribution in [3.05, 3.63) is 35.0 Å². The molecule has 0 spiro atoms. The van der Waals surface area contributed by atoms with Gasteiger partial charge in [0.25, 0.3) is 0 Å². The number of carboxylic acids is 1. The van der Waals surface area contributed by atoms with Crippen molar-refractivity contribution in [3.8, 4) is 0 Å². The van der Waals surface area contributed by atoms with Crippen LogP contribution in [0.25, 0.3) is 10.9 Å². The summed E-state index contributed by atoms with van der Waals surface area (Å²) < 4.78 is 0. The molecule has 0 saturated carbocycles. The summed E-state index contributed by atoms with van der Waals surface area (Å²) in [4.78, 5) is 24.5. The van der Waals surface area contributed by atoms with Gasteiger partial charge in [-0.1, -0.05) is 17.7 Å². The predicted molar refractivity (Wildman–Crippen MR) is 59.7 cm³/mol. The zero-order valence-electron chi connectivity index (χ0n) is 8.16. The molecule has 0 radical (unpaired) electrons. The van der Waals surface area contributed by atoms with Crippen molar-refractivity contribution in [2.24, 2.45) is 0 Å². The zero-order valence-corrected chi connectivity index (χ0v) is 8.91. The van der Waals surface area contributed by atoms with E-state index in [1.54, 1.807) is 24.4 Å². The summed E-state index contributed by atoms with van der Waals surface area (Å²) in [5, 5.41) is 9.92. The molecule has 0 saturated heterocycles. The molecule has 2 N–H and O–H groups in total. The zero-order chi connectivity index (χ0) is 11.7. The third kappa shape index (κ3) is 1.92. The molecule has 0 aliphatic heterocycles. The molecule has 16 heavy (non-hydrogen) atoms. The van der Waals surface area contributed by atoms with Crippen molar-refractivity contribution in [3.63, 3.8) is 0 Å². The summed E-state index contributed by atoms with van der Waals surface area (Å²) >= 11 is 5.80. The second-order valence-corrected chi connectivity index (χ2v) is 3.85. The van der Waals surface area contributed by atoms with E-state index in [9.17, 15) is 9.59 Å². The van der Waals surface area contributed by atoms with Gasteiger partial charge in [0.15, 0.2) is 0 Å². The fraction of sp³-hybridized carbons (Fsp3) is 0.0909. The molecule has 2 aromatic rings. The number of hydrogen-bond acceptors (Lipinski definition) is 2. The van der Waals surface area contributed by atoms with Crippen LogP contribution in [-0.2, 0) is 16.0 Å². The topological polar surface area (TPSA) is 70.2 Å². The number of ketones is 1. The molecule has 1 heterocycles. The molecule has 2 rings (SSSR count). The molecule has 1 aromatic carbocycles. The van der Waals surface area contributed by atoms with E-state index in [1.165, 1.54) is 0 Å². The predicted octanol–water partition coefficient (Wildman–Crippen LogP) is 2.02. The first-order chi connectivity index (χ1) is 7.58. The molecule has 5 heteroatoms. The second-order valence-electron chi connectivity index (χ2n) is 3.41. The van der Waals surface area contributed by atoms with E-state index in [4.69, 9.17) is 16.7 Å². The Morgan fingerprint density at radius 2 is 2.12 bits per heavy atom. The van der Waals surface area contributed by atoms with Gasteiger partial charge in [-0.05, 0) is 17.7 Å². The maximum Gasteiger partial charge on any atom is 0.372 e. The van der Waals surface area contributed by atoms with Crippen LogP contribution in [0.4, 0.5) is 0 Å². The summed E-state index contributed by atoms with van der Waals surface area (Å²) in [6.07, 6.45) is 1.51. The maximum absolute atomic E-state index is 11.1. The first-order valence-corrected chi connectivity index (χ1v) is 4.97. The summed E-state index contributed by atoms with van der Waals surface area (Å²) in [7, 11) is 0. The Labute approximate surface area is 95.8 Å². The van der Waals surface area contributed by atoms with Gasteiger partial charge in [0, 0.05) is 28.5 Å². The number of aromatic nitrogens is 1. The molecule has 82 valence electrons. The summed E-state index contributed by atoms with van der Waals surface area (Å²) in [6, 6.07) is 5.19. The summed E-state index contributed by atoms with van der Waals surface area (Å²) in [6.45, 7) is 0. The molecule has 0 aliphatic carbocycles. The number of halogens is 1. The highest BCUT2D eigenvalue weighted by molar-refractivity contribution is 6.33. The van der Waals surface area contributed by atoms with E-state index >= 15 is 0 Å². The molecule has 4 nitrogen and oxygen atoms in total. The maximum atomic E-state index is 11.1. The Kier molecular flexibility index (Phi) is 2.66. The average Bonchev–Trinajstić information content (AvgIpc) is 2.60. The number of Topliss-reactive ketones (excluding diaryl/α,β-unsaturated/α-hetero) is 1. The van der Waals surface area contributed by atoms with E-state index < -0.39 is 11.8 Å². The summed E-state index contributed by atoms with van der Waals surface area (Å²) in [5.41, 5.74) is 1.46.